The van der Waals surface area contributed by atoms with Gasteiger partial charge in [0.15, 0.2) is 0 Å². The Morgan fingerprint density at radius 3 is 2.88 bits per heavy atom. The van der Waals surface area contributed by atoms with E-state index in [1.165, 1.54) is 6.42 Å². The first kappa shape index (κ1) is 12.6. The highest BCUT2D eigenvalue weighted by molar-refractivity contribution is 5.67. The molecule has 1 aliphatic heterocycles. The molecule has 2 fully saturated rings. The molecule has 2 N–H and O–H groups in total. The number of ether oxygens (including phenoxy) is 2. The van der Waals surface area contributed by atoms with Crippen LogP contribution in [0.2, 0.25) is 0 Å². The number of rotatable bonds is 3. The fraction of sp³-hybridized carbons (Fsp3) is 0.917. The lowest BCUT2D eigenvalue weighted by molar-refractivity contribution is -0.111. The van der Waals surface area contributed by atoms with Gasteiger partial charge in [0.2, 0.25) is 0 Å². The molecule has 1 saturated carbocycles. The van der Waals surface area contributed by atoms with Crippen molar-refractivity contribution < 1.29 is 14.3 Å². The van der Waals surface area contributed by atoms with Gasteiger partial charge in [-0.25, -0.2) is 4.79 Å². The summed E-state index contributed by atoms with van der Waals surface area (Å²) in [7, 11) is 0. The molecule has 2 aliphatic rings. The molecular formula is C12H22N2O3. The molecule has 1 saturated heterocycles. The van der Waals surface area contributed by atoms with Gasteiger partial charge in [0.05, 0.1) is 5.60 Å². The molecule has 1 unspecified atom stereocenters. The normalized spacial score (nSPS) is 28.2. The third kappa shape index (κ3) is 3.85. The van der Waals surface area contributed by atoms with Crippen molar-refractivity contribution in [2.75, 3.05) is 19.7 Å². The van der Waals surface area contributed by atoms with E-state index in [-0.39, 0.29) is 17.8 Å². The second-order valence-electron chi connectivity index (χ2n) is 5.50. The van der Waals surface area contributed by atoms with E-state index in [0.29, 0.717) is 12.6 Å². The molecule has 0 aromatic carbocycles. The topological polar surface area (TPSA) is 59.6 Å². The monoisotopic (exact) mass is 242 g/mol. The molecule has 0 aromatic heterocycles. The first-order valence-corrected chi connectivity index (χ1v) is 6.37. The van der Waals surface area contributed by atoms with E-state index in [1.807, 2.05) is 13.8 Å². The number of hydrogen-bond donors (Lipinski definition) is 2. The van der Waals surface area contributed by atoms with E-state index in [1.54, 1.807) is 0 Å². The maximum atomic E-state index is 11.4. The van der Waals surface area contributed by atoms with E-state index in [9.17, 15) is 4.79 Å². The van der Waals surface area contributed by atoms with Gasteiger partial charge in [0.25, 0.3) is 0 Å². The van der Waals surface area contributed by atoms with E-state index in [4.69, 9.17) is 9.47 Å². The molecule has 1 atom stereocenters. The van der Waals surface area contributed by atoms with Crippen LogP contribution in [0.3, 0.4) is 0 Å². The van der Waals surface area contributed by atoms with Gasteiger partial charge in [-0.15, -0.1) is 0 Å². The summed E-state index contributed by atoms with van der Waals surface area (Å²) >= 11 is 0. The van der Waals surface area contributed by atoms with Crippen LogP contribution in [0.1, 0.15) is 33.1 Å². The predicted molar refractivity (Wildman–Crippen MR) is 63.9 cm³/mol. The standard InChI is InChI=1S/C12H22N2O3/c1-12(2)8-13-6-10(17-12)7-16-11(15)14-9-4-3-5-9/h9-10,13H,3-8H2,1-2H3,(H,14,15). The number of nitrogens with one attached hydrogen (secondary N) is 2. The van der Waals surface area contributed by atoms with Crippen molar-refractivity contribution in [1.82, 2.24) is 10.6 Å². The quantitative estimate of drug-likeness (QED) is 0.776. The SMILES string of the molecule is CC1(C)CNCC(COC(=O)NC2CCC2)O1. The van der Waals surface area contributed by atoms with Gasteiger partial charge in [-0.1, -0.05) is 0 Å². The van der Waals surface area contributed by atoms with Crippen LogP contribution in [0.5, 0.6) is 0 Å². The first-order chi connectivity index (χ1) is 8.05. The van der Waals surface area contributed by atoms with Crippen LogP contribution in [0.25, 0.3) is 0 Å². The molecule has 0 aromatic rings. The Balaban J connectivity index is 1.65. The molecular weight excluding hydrogens is 220 g/mol. The van der Waals surface area contributed by atoms with E-state index in [2.05, 4.69) is 10.6 Å². The fourth-order valence-electron chi connectivity index (χ4n) is 2.09. The Morgan fingerprint density at radius 2 is 2.29 bits per heavy atom. The van der Waals surface area contributed by atoms with Crippen molar-refractivity contribution in [3.05, 3.63) is 0 Å². The van der Waals surface area contributed by atoms with Crippen LogP contribution < -0.4 is 10.6 Å². The van der Waals surface area contributed by atoms with Crippen molar-refractivity contribution in [2.45, 2.75) is 50.9 Å². The smallest absolute Gasteiger partial charge is 0.407 e. The number of carbonyl (C=O) groups excluding carboxylic acids is 1. The molecule has 98 valence electrons. The summed E-state index contributed by atoms with van der Waals surface area (Å²) in [6, 6.07) is 0.323. The number of carbonyl (C=O) groups is 1. The van der Waals surface area contributed by atoms with Gasteiger partial charge < -0.3 is 20.1 Å². The maximum Gasteiger partial charge on any atom is 0.407 e. The van der Waals surface area contributed by atoms with Gasteiger partial charge in [-0.05, 0) is 33.1 Å². The minimum absolute atomic E-state index is 0.0501. The highest BCUT2D eigenvalue weighted by atomic mass is 16.6. The first-order valence-electron chi connectivity index (χ1n) is 6.37. The second-order valence-corrected chi connectivity index (χ2v) is 5.50. The van der Waals surface area contributed by atoms with E-state index >= 15 is 0 Å². The number of amides is 1. The molecule has 17 heavy (non-hydrogen) atoms. The van der Waals surface area contributed by atoms with Gasteiger partial charge >= 0.3 is 6.09 Å². The molecule has 1 aliphatic carbocycles. The summed E-state index contributed by atoms with van der Waals surface area (Å²) in [6.45, 7) is 5.94. The average Bonchev–Trinajstić information content (AvgIpc) is 2.19. The van der Waals surface area contributed by atoms with Crippen molar-refractivity contribution in [1.29, 1.82) is 0 Å². The Kier molecular flexibility index (Phi) is 3.89. The largest absolute Gasteiger partial charge is 0.447 e. The third-order valence-corrected chi connectivity index (χ3v) is 3.24. The van der Waals surface area contributed by atoms with Crippen molar-refractivity contribution >= 4 is 6.09 Å². The summed E-state index contributed by atoms with van der Waals surface area (Å²) in [5.41, 5.74) is -0.184. The minimum Gasteiger partial charge on any atom is -0.447 e. The molecule has 2 rings (SSSR count). The Bertz CT molecular complexity index is 277. The third-order valence-electron chi connectivity index (χ3n) is 3.24. The summed E-state index contributed by atoms with van der Waals surface area (Å²) < 4.78 is 11.0. The Labute approximate surface area is 102 Å². The van der Waals surface area contributed by atoms with Gasteiger partial charge in [-0.3, -0.25) is 0 Å². The average molecular weight is 242 g/mol. The van der Waals surface area contributed by atoms with Gasteiger partial charge in [0.1, 0.15) is 12.7 Å². The van der Waals surface area contributed by atoms with Crippen molar-refractivity contribution in [3.63, 3.8) is 0 Å². The lowest BCUT2D eigenvalue weighted by Crippen LogP contribution is -2.52. The molecule has 5 nitrogen and oxygen atoms in total. The van der Waals surface area contributed by atoms with Crippen LogP contribution in [0, 0.1) is 0 Å². The molecule has 5 heteroatoms. The summed E-state index contributed by atoms with van der Waals surface area (Å²) in [6.07, 6.45) is 2.98. The van der Waals surface area contributed by atoms with E-state index in [0.717, 1.165) is 25.9 Å². The zero-order chi connectivity index (χ0) is 12.3. The Hall–Kier alpha value is -0.810. The van der Waals surface area contributed by atoms with Crippen LogP contribution in [-0.4, -0.2) is 43.5 Å². The molecule has 0 bridgehead atoms. The highest BCUT2D eigenvalue weighted by Gasteiger charge is 2.29. The van der Waals surface area contributed by atoms with Gasteiger partial charge in [0, 0.05) is 19.1 Å². The lowest BCUT2D eigenvalue weighted by atomic mass is 9.93. The number of alkyl carbamates (subject to hydrolysis) is 1. The van der Waals surface area contributed by atoms with Crippen LogP contribution in [0.15, 0.2) is 0 Å². The van der Waals surface area contributed by atoms with Crippen LogP contribution in [0.4, 0.5) is 4.79 Å². The zero-order valence-electron chi connectivity index (χ0n) is 10.6. The molecule has 1 heterocycles. The zero-order valence-corrected chi connectivity index (χ0v) is 10.6. The summed E-state index contributed by atoms with van der Waals surface area (Å²) in [5.74, 6) is 0. The summed E-state index contributed by atoms with van der Waals surface area (Å²) in [5, 5.41) is 6.11. The van der Waals surface area contributed by atoms with Crippen molar-refractivity contribution in [2.24, 2.45) is 0 Å². The lowest BCUT2D eigenvalue weighted by Gasteiger charge is -2.36. The molecule has 1 amide bonds. The fourth-order valence-corrected chi connectivity index (χ4v) is 2.09. The van der Waals surface area contributed by atoms with Crippen molar-refractivity contribution in [3.8, 4) is 0 Å². The van der Waals surface area contributed by atoms with Crippen LogP contribution >= 0.6 is 0 Å². The van der Waals surface area contributed by atoms with Crippen LogP contribution in [-0.2, 0) is 9.47 Å². The maximum absolute atomic E-state index is 11.4. The Morgan fingerprint density at radius 1 is 1.53 bits per heavy atom. The van der Waals surface area contributed by atoms with Gasteiger partial charge in [-0.2, -0.15) is 0 Å². The highest BCUT2D eigenvalue weighted by Crippen LogP contribution is 2.18. The summed E-state index contributed by atoms with van der Waals surface area (Å²) in [4.78, 5) is 11.4. The van der Waals surface area contributed by atoms with E-state index < -0.39 is 0 Å². The predicted octanol–water partition coefficient (Wildman–Crippen LogP) is 1.03. The molecule has 0 spiro atoms. The minimum atomic E-state index is -0.318. The molecule has 0 radical (unpaired) electrons. The second kappa shape index (κ2) is 5.23. The number of morpholine rings is 1. The number of hydrogen-bond acceptors (Lipinski definition) is 4.